The summed E-state index contributed by atoms with van der Waals surface area (Å²) >= 11 is 0. The maximum atomic E-state index is 13.4. The van der Waals surface area contributed by atoms with E-state index in [1.54, 1.807) is 0 Å². The summed E-state index contributed by atoms with van der Waals surface area (Å²) < 4.78 is 26.4. The standard InChI is InChI=1S/C12H14F2N2O3/c1-12(2,19)5-16-11(18)6-3-4-7(13)9(14)8(6)10(15)17/h3-4,19H,5H2,1-2H3,(H2,15,17)(H,16,18). The fourth-order valence-electron chi connectivity index (χ4n) is 1.37. The number of nitrogens with two attached hydrogens (primary N) is 1. The Bertz CT molecular complexity index is 524. The molecule has 1 rings (SSSR count). The summed E-state index contributed by atoms with van der Waals surface area (Å²) in [7, 11) is 0. The number of amides is 2. The van der Waals surface area contributed by atoms with Crippen molar-refractivity contribution in [3.8, 4) is 0 Å². The Labute approximate surface area is 108 Å². The van der Waals surface area contributed by atoms with Crippen molar-refractivity contribution in [2.24, 2.45) is 5.73 Å². The number of benzene rings is 1. The highest BCUT2D eigenvalue weighted by molar-refractivity contribution is 6.06. The number of primary amides is 1. The molecule has 2 amide bonds. The third kappa shape index (κ3) is 3.72. The molecule has 0 fully saturated rings. The van der Waals surface area contributed by atoms with Crippen molar-refractivity contribution in [3.05, 3.63) is 34.9 Å². The first-order chi connectivity index (χ1) is 8.63. The Morgan fingerprint density at radius 2 is 1.95 bits per heavy atom. The lowest BCUT2D eigenvalue weighted by Crippen LogP contribution is -2.39. The van der Waals surface area contributed by atoms with Crippen LogP contribution in [0.4, 0.5) is 8.78 Å². The summed E-state index contributed by atoms with van der Waals surface area (Å²) in [5, 5.41) is 11.7. The highest BCUT2D eigenvalue weighted by atomic mass is 19.2. The molecule has 104 valence electrons. The van der Waals surface area contributed by atoms with E-state index < -0.39 is 34.6 Å². The van der Waals surface area contributed by atoms with Crippen molar-refractivity contribution in [1.82, 2.24) is 5.32 Å². The molecule has 0 spiro atoms. The van der Waals surface area contributed by atoms with Crippen LogP contribution in [-0.4, -0.2) is 29.1 Å². The lowest BCUT2D eigenvalue weighted by Gasteiger charge is -2.18. The van der Waals surface area contributed by atoms with Crippen LogP contribution in [-0.2, 0) is 0 Å². The molecular weight excluding hydrogens is 258 g/mol. The van der Waals surface area contributed by atoms with Crippen molar-refractivity contribution < 1.29 is 23.5 Å². The van der Waals surface area contributed by atoms with Gasteiger partial charge in [0, 0.05) is 6.54 Å². The fourth-order valence-corrected chi connectivity index (χ4v) is 1.37. The van der Waals surface area contributed by atoms with Gasteiger partial charge < -0.3 is 16.2 Å². The molecular formula is C12H14F2N2O3. The molecule has 0 unspecified atom stereocenters. The summed E-state index contributed by atoms with van der Waals surface area (Å²) in [4.78, 5) is 22.8. The zero-order chi connectivity index (χ0) is 14.8. The molecule has 0 saturated heterocycles. The SMILES string of the molecule is CC(C)(O)CNC(=O)c1ccc(F)c(F)c1C(N)=O. The van der Waals surface area contributed by atoms with E-state index in [0.717, 1.165) is 12.1 Å². The fraction of sp³-hybridized carbons (Fsp3) is 0.333. The van der Waals surface area contributed by atoms with Gasteiger partial charge in [0.1, 0.15) is 0 Å². The van der Waals surface area contributed by atoms with Crippen LogP contribution in [0.2, 0.25) is 0 Å². The molecule has 5 nitrogen and oxygen atoms in total. The van der Waals surface area contributed by atoms with Crippen LogP contribution < -0.4 is 11.1 Å². The number of aliphatic hydroxyl groups is 1. The number of hydrogen-bond donors (Lipinski definition) is 3. The second-order valence-corrected chi connectivity index (χ2v) is 4.64. The highest BCUT2D eigenvalue weighted by Gasteiger charge is 2.23. The van der Waals surface area contributed by atoms with E-state index >= 15 is 0 Å². The van der Waals surface area contributed by atoms with E-state index in [-0.39, 0.29) is 12.1 Å². The van der Waals surface area contributed by atoms with Gasteiger partial charge in [-0.05, 0) is 26.0 Å². The van der Waals surface area contributed by atoms with Gasteiger partial charge in [0.15, 0.2) is 11.6 Å². The van der Waals surface area contributed by atoms with Crippen LogP contribution >= 0.6 is 0 Å². The largest absolute Gasteiger partial charge is 0.389 e. The van der Waals surface area contributed by atoms with E-state index in [1.165, 1.54) is 13.8 Å². The van der Waals surface area contributed by atoms with Crippen LogP contribution in [0.1, 0.15) is 34.6 Å². The molecule has 0 aliphatic rings. The van der Waals surface area contributed by atoms with Crippen LogP contribution in [0.5, 0.6) is 0 Å². The molecule has 1 aromatic carbocycles. The number of rotatable bonds is 4. The third-order valence-electron chi connectivity index (χ3n) is 2.27. The number of carbonyl (C=O) groups is 2. The van der Waals surface area contributed by atoms with E-state index in [1.807, 2.05) is 0 Å². The van der Waals surface area contributed by atoms with Gasteiger partial charge in [0.05, 0.1) is 16.7 Å². The molecule has 0 heterocycles. The van der Waals surface area contributed by atoms with Gasteiger partial charge in [0.25, 0.3) is 11.8 Å². The Kier molecular flexibility index (Phi) is 4.21. The van der Waals surface area contributed by atoms with E-state index in [4.69, 9.17) is 5.73 Å². The zero-order valence-electron chi connectivity index (χ0n) is 10.5. The quantitative estimate of drug-likeness (QED) is 0.748. The average molecular weight is 272 g/mol. The number of carbonyl (C=O) groups excluding carboxylic acids is 2. The summed E-state index contributed by atoms with van der Waals surface area (Å²) in [6.07, 6.45) is 0. The van der Waals surface area contributed by atoms with Gasteiger partial charge in [-0.25, -0.2) is 8.78 Å². The monoisotopic (exact) mass is 272 g/mol. The van der Waals surface area contributed by atoms with E-state index in [2.05, 4.69) is 5.32 Å². The predicted molar refractivity (Wildman–Crippen MR) is 63.5 cm³/mol. The minimum absolute atomic E-state index is 0.122. The first kappa shape index (κ1) is 15.0. The first-order valence-corrected chi connectivity index (χ1v) is 5.42. The summed E-state index contributed by atoms with van der Waals surface area (Å²) in [6, 6.07) is 1.68. The number of nitrogens with one attached hydrogen (secondary N) is 1. The lowest BCUT2D eigenvalue weighted by molar-refractivity contribution is 0.0693. The molecule has 0 atom stereocenters. The molecule has 0 bridgehead atoms. The maximum Gasteiger partial charge on any atom is 0.252 e. The average Bonchev–Trinajstić information content (AvgIpc) is 2.27. The molecule has 0 saturated carbocycles. The zero-order valence-corrected chi connectivity index (χ0v) is 10.5. The van der Waals surface area contributed by atoms with Crippen LogP contribution in [0.3, 0.4) is 0 Å². The van der Waals surface area contributed by atoms with Crippen LogP contribution in [0.15, 0.2) is 12.1 Å². The van der Waals surface area contributed by atoms with Crippen molar-refractivity contribution in [3.63, 3.8) is 0 Å². The van der Waals surface area contributed by atoms with Crippen molar-refractivity contribution in [1.29, 1.82) is 0 Å². The smallest absolute Gasteiger partial charge is 0.252 e. The molecule has 0 radical (unpaired) electrons. The normalized spacial score (nSPS) is 11.2. The van der Waals surface area contributed by atoms with Gasteiger partial charge in [0.2, 0.25) is 0 Å². The Hall–Kier alpha value is -2.02. The minimum atomic E-state index is -1.47. The molecule has 19 heavy (non-hydrogen) atoms. The topological polar surface area (TPSA) is 92.4 Å². The summed E-state index contributed by atoms with van der Waals surface area (Å²) in [5.74, 6) is -4.81. The molecule has 0 aliphatic carbocycles. The maximum absolute atomic E-state index is 13.4. The van der Waals surface area contributed by atoms with Crippen molar-refractivity contribution in [2.45, 2.75) is 19.4 Å². The number of halogens is 2. The van der Waals surface area contributed by atoms with E-state index in [0.29, 0.717) is 0 Å². The summed E-state index contributed by atoms with van der Waals surface area (Å²) in [5.41, 5.74) is 2.56. The van der Waals surface area contributed by atoms with Crippen molar-refractivity contribution in [2.75, 3.05) is 6.54 Å². The highest BCUT2D eigenvalue weighted by Crippen LogP contribution is 2.16. The second-order valence-electron chi connectivity index (χ2n) is 4.64. The lowest BCUT2D eigenvalue weighted by atomic mass is 10.0. The van der Waals surface area contributed by atoms with Gasteiger partial charge in [-0.3, -0.25) is 9.59 Å². The van der Waals surface area contributed by atoms with Gasteiger partial charge in [-0.15, -0.1) is 0 Å². The van der Waals surface area contributed by atoms with Gasteiger partial charge in [-0.2, -0.15) is 0 Å². The van der Waals surface area contributed by atoms with Crippen molar-refractivity contribution >= 4 is 11.8 Å². The molecule has 4 N–H and O–H groups in total. The third-order valence-corrected chi connectivity index (χ3v) is 2.27. The van der Waals surface area contributed by atoms with Gasteiger partial charge in [-0.1, -0.05) is 0 Å². The molecule has 7 heteroatoms. The Morgan fingerprint density at radius 3 is 2.42 bits per heavy atom. The van der Waals surface area contributed by atoms with E-state index in [9.17, 15) is 23.5 Å². The van der Waals surface area contributed by atoms with Crippen LogP contribution in [0.25, 0.3) is 0 Å². The van der Waals surface area contributed by atoms with Crippen LogP contribution in [0, 0.1) is 11.6 Å². The molecule has 1 aromatic rings. The summed E-state index contributed by atoms with van der Waals surface area (Å²) in [6.45, 7) is 2.78. The first-order valence-electron chi connectivity index (χ1n) is 5.42. The molecule has 0 aliphatic heterocycles. The predicted octanol–water partition coefficient (Wildman–Crippen LogP) is 0.564. The molecule has 0 aromatic heterocycles. The number of hydrogen-bond acceptors (Lipinski definition) is 3. The Morgan fingerprint density at radius 1 is 1.37 bits per heavy atom. The second kappa shape index (κ2) is 5.31. The minimum Gasteiger partial charge on any atom is -0.389 e. The van der Waals surface area contributed by atoms with Gasteiger partial charge >= 0.3 is 0 Å². The Balaban J connectivity index is 3.10.